The first-order valence-corrected chi connectivity index (χ1v) is 10.2. The first kappa shape index (κ1) is 21.8. The lowest BCUT2D eigenvalue weighted by molar-refractivity contribution is -0.0953. The fourth-order valence-electron chi connectivity index (χ4n) is 4.91. The zero-order chi connectivity index (χ0) is 24.4. The fourth-order valence-corrected chi connectivity index (χ4v) is 4.91. The maximum atomic E-state index is 14.1. The number of nitriles is 1. The van der Waals surface area contributed by atoms with Crippen molar-refractivity contribution < 1.29 is 26.3 Å². The molecule has 2 aliphatic carbocycles. The molecule has 34 heavy (non-hydrogen) atoms. The topological polar surface area (TPSA) is 35.8 Å². The second-order valence-electron chi connectivity index (χ2n) is 7.86. The summed E-state index contributed by atoms with van der Waals surface area (Å²) in [4.78, 5) is 0. The predicted octanol–water partition coefficient (Wildman–Crippen LogP) is 7.08. The molecule has 5 rings (SSSR count). The van der Waals surface area contributed by atoms with E-state index in [1.54, 1.807) is 36.4 Å². The third kappa shape index (κ3) is 2.97. The molecule has 1 N–H and O–H groups in total. The van der Waals surface area contributed by atoms with Crippen LogP contribution in [0.5, 0.6) is 0 Å². The van der Waals surface area contributed by atoms with E-state index >= 15 is 0 Å². The van der Waals surface area contributed by atoms with E-state index < -0.39 is 23.6 Å². The summed E-state index contributed by atoms with van der Waals surface area (Å²) in [7, 11) is 1.16. The summed E-state index contributed by atoms with van der Waals surface area (Å²) in [5, 5.41) is 11.7. The highest BCUT2D eigenvalue weighted by molar-refractivity contribution is 6.14. The molecule has 0 aromatic heterocycles. The summed E-state index contributed by atoms with van der Waals surface area (Å²) in [6.45, 7) is 0. The second-order valence-corrected chi connectivity index (χ2v) is 7.86. The minimum atomic E-state index is -4.93. The Morgan fingerprint density at radius 1 is 0.647 bits per heavy atom. The van der Waals surface area contributed by atoms with Gasteiger partial charge in [0.15, 0.2) is 0 Å². The molecule has 0 saturated heterocycles. The molecular weight excluding hydrogens is 454 g/mol. The molecule has 0 spiro atoms. The number of nitrogens with zero attached hydrogens (tertiary/aromatic N) is 1. The number of halogens is 6. The van der Waals surface area contributed by atoms with E-state index in [2.05, 4.69) is 5.32 Å². The van der Waals surface area contributed by atoms with Crippen molar-refractivity contribution in [3.05, 3.63) is 94.2 Å². The van der Waals surface area contributed by atoms with Gasteiger partial charge < -0.3 is 5.32 Å². The number of benzene rings is 3. The molecule has 2 nitrogen and oxygen atoms in total. The highest BCUT2D eigenvalue weighted by Crippen LogP contribution is 2.57. The summed E-state index contributed by atoms with van der Waals surface area (Å²) >= 11 is 0. The van der Waals surface area contributed by atoms with Gasteiger partial charge in [0.05, 0.1) is 0 Å². The zero-order valence-electron chi connectivity index (χ0n) is 17.5. The number of nitrogens with one attached hydrogen (secondary N) is 1. The Morgan fingerprint density at radius 2 is 1.18 bits per heavy atom. The van der Waals surface area contributed by atoms with Crippen LogP contribution in [0.1, 0.15) is 22.3 Å². The van der Waals surface area contributed by atoms with Crippen molar-refractivity contribution in [3.8, 4) is 28.3 Å². The average Bonchev–Trinajstić information content (AvgIpc) is 3.27. The van der Waals surface area contributed by atoms with Gasteiger partial charge in [0.25, 0.3) is 0 Å². The lowest BCUT2D eigenvalue weighted by Gasteiger charge is -2.18. The highest BCUT2D eigenvalue weighted by atomic mass is 19.4. The Morgan fingerprint density at radius 3 is 1.71 bits per heavy atom. The van der Waals surface area contributed by atoms with Crippen LogP contribution >= 0.6 is 0 Å². The van der Waals surface area contributed by atoms with Crippen molar-refractivity contribution in [2.45, 2.75) is 12.4 Å². The van der Waals surface area contributed by atoms with Crippen LogP contribution in [0.15, 0.2) is 71.9 Å². The normalized spacial score (nSPS) is 16.8. The van der Waals surface area contributed by atoms with Crippen LogP contribution in [0.2, 0.25) is 0 Å². The Kier molecular flexibility index (Phi) is 4.66. The maximum absolute atomic E-state index is 14.1. The van der Waals surface area contributed by atoms with Gasteiger partial charge in [-0.2, -0.15) is 31.6 Å². The Labute approximate surface area is 190 Å². The molecule has 0 amide bonds. The third-order valence-corrected chi connectivity index (χ3v) is 6.11. The molecule has 0 aliphatic heterocycles. The van der Waals surface area contributed by atoms with E-state index in [-0.39, 0.29) is 33.4 Å². The highest BCUT2D eigenvalue weighted by Gasteiger charge is 2.44. The monoisotopic (exact) mass is 468 g/mol. The van der Waals surface area contributed by atoms with E-state index in [0.717, 1.165) is 7.05 Å². The van der Waals surface area contributed by atoms with E-state index in [1.165, 1.54) is 30.3 Å². The van der Waals surface area contributed by atoms with Gasteiger partial charge in [-0.05, 0) is 38.9 Å². The smallest absolute Gasteiger partial charge is 0.384 e. The molecule has 0 fully saturated rings. The van der Waals surface area contributed by atoms with Crippen molar-refractivity contribution >= 4 is 11.1 Å². The molecule has 0 unspecified atom stereocenters. The number of hydrogen-bond acceptors (Lipinski definition) is 2. The first-order valence-electron chi connectivity index (χ1n) is 10.2. The molecule has 0 heterocycles. The molecule has 2 aliphatic rings. The van der Waals surface area contributed by atoms with Crippen molar-refractivity contribution in [2.75, 3.05) is 7.05 Å². The summed E-state index contributed by atoms with van der Waals surface area (Å²) in [5.41, 5.74) is -0.404. The van der Waals surface area contributed by atoms with Crippen molar-refractivity contribution in [2.24, 2.45) is 0 Å². The Hall–Kier alpha value is -3.99. The molecule has 170 valence electrons. The van der Waals surface area contributed by atoms with E-state index in [1.807, 2.05) is 0 Å². The van der Waals surface area contributed by atoms with Crippen LogP contribution in [0.3, 0.4) is 0 Å². The molecule has 0 radical (unpaired) electrons. The van der Waals surface area contributed by atoms with Gasteiger partial charge in [0.1, 0.15) is 17.3 Å². The maximum Gasteiger partial charge on any atom is 0.431 e. The van der Waals surface area contributed by atoms with Gasteiger partial charge in [-0.25, -0.2) is 0 Å². The third-order valence-electron chi connectivity index (χ3n) is 6.11. The predicted molar refractivity (Wildman–Crippen MR) is 116 cm³/mol. The summed E-state index contributed by atoms with van der Waals surface area (Å²) in [5.74, 6) is 0. The van der Waals surface area contributed by atoms with Gasteiger partial charge in [-0.15, -0.1) is 0 Å². The molecule has 8 heteroatoms. The first-order chi connectivity index (χ1) is 16.1. The van der Waals surface area contributed by atoms with Gasteiger partial charge in [0.2, 0.25) is 0 Å². The van der Waals surface area contributed by atoms with Gasteiger partial charge in [0, 0.05) is 23.8 Å². The van der Waals surface area contributed by atoms with Crippen LogP contribution in [0.4, 0.5) is 26.3 Å². The number of hydrogen-bond donors (Lipinski definition) is 1. The van der Waals surface area contributed by atoms with Crippen LogP contribution in [0, 0.1) is 11.3 Å². The summed E-state index contributed by atoms with van der Waals surface area (Å²) < 4.78 is 83.8. The number of rotatable bonds is 1. The molecule has 0 atom stereocenters. The van der Waals surface area contributed by atoms with Crippen LogP contribution < -0.4 is 5.32 Å². The minimum Gasteiger partial charge on any atom is -0.384 e. The Balaban J connectivity index is 1.99. The summed E-state index contributed by atoms with van der Waals surface area (Å²) in [6.07, 6.45) is -9.66. The minimum absolute atomic E-state index is 0.0803. The number of fused-ring (bicyclic) bond motifs is 7. The van der Waals surface area contributed by atoms with E-state index in [9.17, 15) is 31.6 Å². The molecule has 3 aromatic rings. The average molecular weight is 468 g/mol. The lowest BCUT2D eigenvalue weighted by Crippen LogP contribution is -2.25. The Bertz CT molecular complexity index is 1470. The SMILES string of the molecule is CN/C(=C1\c2ccccc2-c2ccc3c(c21)-c1ccccc1/C3=C(\C#N)C(F)(F)F)C(F)(F)F. The van der Waals surface area contributed by atoms with Gasteiger partial charge in [-0.1, -0.05) is 60.7 Å². The van der Waals surface area contributed by atoms with Crippen molar-refractivity contribution in [3.63, 3.8) is 0 Å². The summed E-state index contributed by atoms with van der Waals surface area (Å²) in [6, 6.07) is 17.0. The molecule has 3 aromatic carbocycles. The largest absolute Gasteiger partial charge is 0.431 e. The van der Waals surface area contributed by atoms with E-state index in [4.69, 9.17) is 0 Å². The standard InChI is InChI=1S/C26H14F6N2/c1-34-24(26(30,31)32)23-14-7-3-2-6-13(14)17-10-11-18-20(19(12-33)25(27,28)29)15-8-4-5-9-16(15)21(18)22(17)23/h2-11,34H,1H3/b20-19-,24-23+. The number of alkyl halides is 6. The van der Waals surface area contributed by atoms with Crippen molar-refractivity contribution in [1.29, 1.82) is 5.26 Å². The number of allylic oxidation sites excluding steroid dienone is 2. The zero-order valence-corrected chi connectivity index (χ0v) is 17.5. The van der Waals surface area contributed by atoms with Crippen molar-refractivity contribution in [1.82, 2.24) is 5.32 Å². The van der Waals surface area contributed by atoms with Crippen LogP contribution in [0.25, 0.3) is 33.4 Å². The molecular formula is C26H14F6N2. The quantitative estimate of drug-likeness (QED) is 0.211. The van der Waals surface area contributed by atoms with Crippen LogP contribution in [-0.2, 0) is 0 Å². The lowest BCUT2D eigenvalue weighted by atomic mass is 9.91. The fraction of sp³-hybridized carbons (Fsp3) is 0.115. The van der Waals surface area contributed by atoms with E-state index in [0.29, 0.717) is 22.3 Å². The second kappa shape index (κ2) is 7.26. The molecule has 0 saturated carbocycles. The van der Waals surface area contributed by atoms with Gasteiger partial charge >= 0.3 is 12.4 Å². The van der Waals surface area contributed by atoms with Crippen LogP contribution in [-0.4, -0.2) is 19.4 Å². The van der Waals surface area contributed by atoms with Gasteiger partial charge in [-0.3, -0.25) is 0 Å². The molecule has 0 bridgehead atoms.